The second kappa shape index (κ2) is 9.61. The number of rotatable bonds is 9. The van der Waals surface area contributed by atoms with Crippen molar-refractivity contribution in [3.8, 4) is 5.88 Å². The molecule has 1 aromatic heterocycles. The van der Waals surface area contributed by atoms with Gasteiger partial charge in [-0.2, -0.15) is 10.1 Å². The highest BCUT2D eigenvalue weighted by atomic mass is 16.6. The molecule has 0 atom stereocenters. The van der Waals surface area contributed by atoms with Crippen LogP contribution < -0.4 is 15.5 Å². The van der Waals surface area contributed by atoms with Crippen LogP contribution in [0, 0.1) is 17.0 Å². The van der Waals surface area contributed by atoms with Crippen LogP contribution in [0.4, 0.5) is 11.6 Å². The molecular formula is C17H18N6O4. The molecule has 0 bridgehead atoms. The largest absolute Gasteiger partial charge is 0.467 e. The van der Waals surface area contributed by atoms with Gasteiger partial charge in [0.2, 0.25) is 11.8 Å². The van der Waals surface area contributed by atoms with Gasteiger partial charge in [0.1, 0.15) is 0 Å². The average Bonchev–Trinajstić information content (AvgIpc) is 2.64. The van der Waals surface area contributed by atoms with E-state index in [0.717, 1.165) is 0 Å². The minimum Gasteiger partial charge on any atom is -0.467 e. The van der Waals surface area contributed by atoms with E-state index < -0.39 is 10.8 Å². The van der Waals surface area contributed by atoms with E-state index in [-0.39, 0.29) is 18.2 Å². The predicted octanol–water partition coefficient (Wildman–Crippen LogP) is 1.82. The van der Waals surface area contributed by atoms with Crippen molar-refractivity contribution in [3.05, 3.63) is 64.4 Å². The molecule has 0 aliphatic carbocycles. The van der Waals surface area contributed by atoms with E-state index in [9.17, 15) is 14.9 Å². The van der Waals surface area contributed by atoms with Crippen LogP contribution in [0.2, 0.25) is 0 Å². The first-order chi connectivity index (χ1) is 13.0. The summed E-state index contributed by atoms with van der Waals surface area (Å²) in [5, 5.41) is 17.4. The Morgan fingerprint density at radius 3 is 2.96 bits per heavy atom. The van der Waals surface area contributed by atoms with Crippen molar-refractivity contribution >= 4 is 23.8 Å². The van der Waals surface area contributed by atoms with Gasteiger partial charge in [0.05, 0.1) is 11.1 Å². The van der Waals surface area contributed by atoms with Crippen LogP contribution in [-0.2, 0) is 4.79 Å². The molecule has 10 nitrogen and oxygen atoms in total. The molecule has 27 heavy (non-hydrogen) atoms. The third-order valence-electron chi connectivity index (χ3n) is 3.07. The van der Waals surface area contributed by atoms with Crippen molar-refractivity contribution in [1.82, 2.24) is 15.4 Å². The van der Waals surface area contributed by atoms with Crippen molar-refractivity contribution in [2.24, 2.45) is 5.10 Å². The molecule has 2 N–H and O–H groups in total. The van der Waals surface area contributed by atoms with Crippen molar-refractivity contribution in [2.75, 3.05) is 18.5 Å². The zero-order valence-electron chi connectivity index (χ0n) is 14.6. The molecule has 140 valence electrons. The molecule has 2 aromatic rings. The van der Waals surface area contributed by atoms with Crippen molar-refractivity contribution in [3.63, 3.8) is 0 Å². The molecule has 0 saturated carbocycles. The van der Waals surface area contributed by atoms with E-state index in [1.54, 1.807) is 25.1 Å². The molecule has 2 rings (SSSR count). The number of non-ortho nitro benzene ring substituents is 1. The van der Waals surface area contributed by atoms with Crippen LogP contribution in [0.3, 0.4) is 0 Å². The van der Waals surface area contributed by atoms with E-state index >= 15 is 0 Å². The topological polar surface area (TPSA) is 132 Å². The normalized spacial score (nSPS) is 10.4. The van der Waals surface area contributed by atoms with Crippen LogP contribution in [0.1, 0.15) is 11.3 Å². The van der Waals surface area contributed by atoms with Crippen LogP contribution >= 0.6 is 0 Å². The number of amides is 1. The number of ether oxygens (including phenoxy) is 1. The number of nitrogens with one attached hydrogen (secondary N) is 2. The Morgan fingerprint density at radius 1 is 1.41 bits per heavy atom. The highest BCUT2D eigenvalue weighted by Gasteiger charge is 2.07. The predicted molar refractivity (Wildman–Crippen MR) is 99.8 cm³/mol. The molecular weight excluding hydrogens is 352 g/mol. The molecule has 1 amide bonds. The van der Waals surface area contributed by atoms with Gasteiger partial charge in [0.15, 0.2) is 6.61 Å². The Kier molecular flexibility index (Phi) is 6.94. The SMILES string of the molecule is C=CCNc1nc(C)cc(OCC(=O)NN=Cc2cccc([N+](=O)[O-])c2)n1. The lowest BCUT2D eigenvalue weighted by atomic mass is 10.2. The molecule has 10 heteroatoms. The monoisotopic (exact) mass is 370 g/mol. The number of carbonyl (C=O) groups is 1. The fourth-order valence-corrected chi connectivity index (χ4v) is 1.93. The van der Waals surface area contributed by atoms with Gasteiger partial charge < -0.3 is 10.1 Å². The Balaban J connectivity index is 1.87. The van der Waals surface area contributed by atoms with Gasteiger partial charge in [-0.3, -0.25) is 14.9 Å². The number of hydrogen-bond donors (Lipinski definition) is 2. The Hall–Kier alpha value is -3.82. The lowest BCUT2D eigenvalue weighted by Crippen LogP contribution is -2.25. The highest BCUT2D eigenvalue weighted by Crippen LogP contribution is 2.12. The number of nitrogens with zero attached hydrogens (tertiary/aromatic N) is 4. The smallest absolute Gasteiger partial charge is 0.278 e. The van der Waals surface area contributed by atoms with E-state index in [1.165, 1.54) is 24.4 Å². The lowest BCUT2D eigenvalue weighted by molar-refractivity contribution is -0.384. The molecule has 1 heterocycles. The standard InChI is InChI=1S/C17H18N6O4/c1-3-7-18-17-20-12(2)8-16(21-17)27-11-15(24)22-19-10-13-5-4-6-14(9-13)23(25)26/h3-6,8-10H,1,7,11H2,2H3,(H,22,24)(H,18,20,21). The maximum absolute atomic E-state index is 11.8. The maximum Gasteiger partial charge on any atom is 0.278 e. The molecule has 0 saturated heterocycles. The summed E-state index contributed by atoms with van der Waals surface area (Å²) in [5.41, 5.74) is 3.37. The van der Waals surface area contributed by atoms with Crippen LogP contribution in [0.5, 0.6) is 5.88 Å². The third-order valence-corrected chi connectivity index (χ3v) is 3.07. The lowest BCUT2D eigenvalue weighted by Gasteiger charge is -2.07. The average molecular weight is 370 g/mol. The van der Waals surface area contributed by atoms with E-state index in [0.29, 0.717) is 23.8 Å². The van der Waals surface area contributed by atoms with Gasteiger partial charge in [-0.05, 0) is 6.92 Å². The Morgan fingerprint density at radius 2 is 2.22 bits per heavy atom. The number of benzene rings is 1. The Labute approximate surface area is 155 Å². The van der Waals surface area contributed by atoms with Crippen molar-refractivity contribution in [2.45, 2.75) is 6.92 Å². The van der Waals surface area contributed by atoms with Gasteiger partial charge in [0, 0.05) is 36.0 Å². The molecule has 0 spiro atoms. The van der Waals surface area contributed by atoms with Gasteiger partial charge in [-0.25, -0.2) is 10.4 Å². The minimum absolute atomic E-state index is 0.0615. The number of nitro benzene ring substituents is 1. The number of aryl methyl sites for hydroxylation is 1. The van der Waals surface area contributed by atoms with Gasteiger partial charge >= 0.3 is 0 Å². The van der Waals surface area contributed by atoms with Crippen LogP contribution in [0.15, 0.2) is 48.1 Å². The highest BCUT2D eigenvalue weighted by molar-refractivity contribution is 5.83. The second-order valence-corrected chi connectivity index (χ2v) is 5.27. The van der Waals surface area contributed by atoms with E-state index in [1.807, 2.05) is 0 Å². The molecule has 1 aromatic carbocycles. The number of nitro groups is 1. The number of anilines is 1. The summed E-state index contributed by atoms with van der Waals surface area (Å²) in [6.07, 6.45) is 2.97. The van der Waals surface area contributed by atoms with E-state index in [2.05, 4.69) is 32.4 Å². The first kappa shape index (κ1) is 19.5. The minimum atomic E-state index is -0.508. The van der Waals surface area contributed by atoms with Crippen LogP contribution in [0.25, 0.3) is 0 Å². The van der Waals surface area contributed by atoms with Gasteiger partial charge in [0.25, 0.3) is 11.6 Å². The summed E-state index contributed by atoms with van der Waals surface area (Å²) in [4.78, 5) is 30.3. The fraction of sp³-hybridized carbons (Fsp3) is 0.176. The number of hydrogen-bond acceptors (Lipinski definition) is 8. The summed E-state index contributed by atoms with van der Waals surface area (Å²) in [5.74, 6) is 0.106. The zero-order valence-corrected chi connectivity index (χ0v) is 14.6. The molecule has 0 unspecified atom stereocenters. The third kappa shape index (κ3) is 6.53. The van der Waals surface area contributed by atoms with Crippen molar-refractivity contribution in [1.29, 1.82) is 0 Å². The Bertz CT molecular complexity index is 868. The number of hydrazone groups is 1. The summed E-state index contributed by atoms with van der Waals surface area (Å²) in [6, 6.07) is 7.46. The molecule has 0 aliphatic heterocycles. The number of carbonyl (C=O) groups excluding carboxylic acids is 1. The van der Waals surface area contributed by atoms with Crippen LogP contribution in [-0.4, -0.2) is 40.2 Å². The van der Waals surface area contributed by atoms with Gasteiger partial charge in [-0.1, -0.05) is 18.2 Å². The zero-order chi connectivity index (χ0) is 19.6. The summed E-state index contributed by atoms with van der Waals surface area (Å²) in [7, 11) is 0. The first-order valence-electron chi connectivity index (χ1n) is 7.87. The molecule has 0 fully saturated rings. The first-order valence-corrected chi connectivity index (χ1v) is 7.87. The summed E-state index contributed by atoms with van der Waals surface area (Å²) < 4.78 is 5.33. The quantitative estimate of drug-likeness (QED) is 0.298. The van der Waals surface area contributed by atoms with E-state index in [4.69, 9.17) is 4.74 Å². The second-order valence-electron chi connectivity index (χ2n) is 5.27. The molecule has 0 radical (unpaired) electrons. The molecule has 0 aliphatic rings. The fourth-order valence-electron chi connectivity index (χ4n) is 1.93. The maximum atomic E-state index is 11.8. The number of aromatic nitrogens is 2. The summed E-state index contributed by atoms with van der Waals surface area (Å²) in [6.45, 7) is 5.56. The van der Waals surface area contributed by atoms with Gasteiger partial charge in [-0.15, -0.1) is 6.58 Å². The van der Waals surface area contributed by atoms with Crippen molar-refractivity contribution < 1.29 is 14.5 Å². The summed E-state index contributed by atoms with van der Waals surface area (Å²) >= 11 is 0.